The number of rotatable bonds is 3. The van der Waals surface area contributed by atoms with Crippen molar-refractivity contribution in [2.24, 2.45) is 0 Å². The first-order valence-electron chi connectivity index (χ1n) is 9.68. The molecule has 0 unspecified atom stereocenters. The minimum Gasteiger partial charge on any atom is -0.353 e. The molecule has 6 nitrogen and oxygen atoms in total. The van der Waals surface area contributed by atoms with Gasteiger partial charge >= 0.3 is 0 Å². The molecule has 0 N–H and O–H groups in total. The van der Waals surface area contributed by atoms with E-state index in [0.29, 0.717) is 0 Å². The van der Waals surface area contributed by atoms with Crippen LogP contribution in [-0.4, -0.2) is 57.7 Å². The first-order chi connectivity index (χ1) is 14.2. The van der Waals surface area contributed by atoms with Crippen LogP contribution in [0.5, 0.6) is 0 Å². The Bertz CT molecular complexity index is 1140. The van der Waals surface area contributed by atoms with E-state index in [9.17, 15) is 4.39 Å². The number of halogens is 2. The molecule has 0 aliphatic carbocycles. The highest BCUT2D eigenvalue weighted by Gasteiger charge is 2.19. The molecule has 30 heavy (non-hydrogen) atoms. The number of imidazole rings is 1. The van der Waals surface area contributed by atoms with Gasteiger partial charge in [-0.05, 0) is 43.4 Å². The van der Waals surface area contributed by atoms with Crippen LogP contribution < -0.4 is 4.90 Å². The molecule has 1 aliphatic rings. The molecule has 4 heterocycles. The fourth-order valence-electron chi connectivity index (χ4n) is 3.65. The monoisotopic (exact) mass is 424 g/mol. The summed E-state index contributed by atoms with van der Waals surface area (Å²) in [5.41, 5.74) is 4.35. The van der Waals surface area contributed by atoms with Crippen molar-refractivity contribution >= 4 is 23.9 Å². The van der Waals surface area contributed by atoms with Gasteiger partial charge in [0.2, 0.25) is 0 Å². The van der Waals surface area contributed by atoms with Crippen molar-refractivity contribution in [3.05, 3.63) is 66.9 Å². The van der Waals surface area contributed by atoms with Gasteiger partial charge < -0.3 is 9.80 Å². The van der Waals surface area contributed by atoms with Gasteiger partial charge in [0.15, 0.2) is 5.65 Å². The van der Waals surface area contributed by atoms with Crippen molar-refractivity contribution < 1.29 is 4.39 Å². The van der Waals surface area contributed by atoms with Gasteiger partial charge in [-0.15, -0.1) is 17.5 Å². The molecule has 0 saturated carbocycles. The molecule has 0 radical (unpaired) electrons. The average molecular weight is 425 g/mol. The van der Waals surface area contributed by atoms with Gasteiger partial charge in [0.05, 0.1) is 11.9 Å². The number of piperazine rings is 1. The van der Waals surface area contributed by atoms with Crippen molar-refractivity contribution in [3.63, 3.8) is 0 Å². The van der Waals surface area contributed by atoms with E-state index < -0.39 is 0 Å². The molecule has 1 aliphatic heterocycles. The van der Waals surface area contributed by atoms with E-state index >= 15 is 0 Å². The second-order valence-electron chi connectivity index (χ2n) is 7.35. The van der Waals surface area contributed by atoms with Crippen molar-refractivity contribution in [3.8, 4) is 22.4 Å². The van der Waals surface area contributed by atoms with E-state index in [4.69, 9.17) is 10.1 Å². The zero-order valence-corrected chi connectivity index (χ0v) is 17.4. The number of hydrogen-bond acceptors (Lipinski definition) is 5. The second-order valence-corrected chi connectivity index (χ2v) is 7.35. The Balaban J connectivity index is 0.00000218. The molecule has 1 aromatic carbocycles. The molecule has 0 amide bonds. The summed E-state index contributed by atoms with van der Waals surface area (Å²) in [4.78, 5) is 13.7. The van der Waals surface area contributed by atoms with Gasteiger partial charge in [0.25, 0.3) is 0 Å². The smallest absolute Gasteiger partial charge is 0.162 e. The van der Waals surface area contributed by atoms with Crippen LogP contribution in [-0.2, 0) is 0 Å². The van der Waals surface area contributed by atoms with E-state index in [1.54, 1.807) is 18.3 Å². The predicted octanol–water partition coefficient (Wildman–Crippen LogP) is 3.77. The Morgan fingerprint density at radius 3 is 2.43 bits per heavy atom. The lowest BCUT2D eigenvalue weighted by Gasteiger charge is -2.33. The Labute approximate surface area is 180 Å². The van der Waals surface area contributed by atoms with E-state index in [1.165, 1.54) is 12.1 Å². The van der Waals surface area contributed by atoms with Crippen molar-refractivity contribution in [2.45, 2.75) is 0 Å². The Hall–Kier alpha value is -3.03. The van der Waals surface area contributed by atoms with E-state index in [0.717, 1.165) is 60.0 Å². The largest absolute Gasteiger partial charge is 0.353 e. The molecular formula is C22H22ClFN6. The third-order valence-corrected chi connectivity index (χ3v) is 5.35. The van der Waals surface area contributed by atoms with Gasteiger partial charge in [-0.2, -0.15) is 0 Å². The molecule has 4 aromatic rings. The number of pyridine rings is 1. The quantitative estimate of drug-likeness (QED) is 0.501. The maximum atomic E-state index is 13.3. The van der Waals surface area contributed by atoms with Crippen molar-refractivity contribution in [2.75, 3.05) is 38.1 Å². The molecule has 154 valence electrons. The molecular weight excluding hydrogens is 403 g/mol. The standard InChI is InChI=1S/C22H21FN6.ClH/c1-27-9-11-28(12-10-27)21-13-19(17-3-2-8-24-14-17)22-25-20(15-29(22)26-21)16-4-6-18(23)7-5-16;/h2-8,13-15H,9-12H2,1H3;1H. The zero-order chi connectivity index (χ0) is 19.8. The molecule has 0 atom stereocenters. The Morgan fingerprint density at radius 2 is 1.73 bits per heavy atom. The highest BCUT2D eigenvalue weighted by Crippen LogP contribution is 2.29. The van der Waals surface area contributed by atoms with Crippen LogP contribution in [0.1, 0.15) is 0 Å². The van der Waals surface area contributed by atoms with Gasteiger partial charge in [-0.25, -0.2) is 13.9 Å². The summed E-state index contributed by atoms with van der Waals surface area (Å²) in [5, 5.41) is 4.84. The third-order valence-electron chi connectivity index (χ3n) is 5.35. The van der Waals surface area contributed by atoms with Gasteiger partial charge in [-0.1, -0.05) is 6.07 Å². The molecule has 1 saturated heterocycles. The lowest BCUT2D eigenvalue weighted by molar-refractivity contribution is 0.311. The number of benzene rings is 1. The van der Waals surface area contributed by atoms with Crippen LogP contribution in [0.15, 0.2) is 61.1 Å². The number of anilines is 1. The first-order valence-corrected chi connectivity index (χ1v) is 9.68. The first kappa shape index (κ1) is 20.3. The van der Waals surface area contributed by atoms with Gasteiger partial charge in [-0.3, -0.25) is 4.98 Å². The molecule has 8 heteroatoms. The van der Waals surface area contributed by atoms with Gasteiger partial charge in [0.1, 0.15) is 11.6 Å². The summed E-state index contributed by atoms with van der Waals surface area (Å²) in [6, 6.07) is 12.4. The fraction of sp³-hybridized carbons (Fsp3) is 0.227. The normalized spacial score (nSPS) is 14.7. The van der Waals surface area contributed by atoms with Gasteiger partial charge in [0, 0.05) is 55.3 Å². The molecule has 5 rings (SSSR count). The van der Waals surface area contributed by atoms with Crippen LogP contribution in [0, 0.1) is 5.82 Å². The molecule has 3 aromatic heterocycles. The summed E-state index contributed by atoms with van der Waals surface area (Å²) in [6.07, 6.45) is 5.51. The van der Waals surface area contributed by atoms with Crippen LogP contribution in [0.25, 0.3) is 28.0 Å². The Kier molecular flexibility index (Phi) is 5.65. The summed E-state index contributed by atoms with van der Waals surface area (Å²) in [5.74, 6) is 0.663. The molecule has 1 fully saturated rings. The molecule has 0 bridgehead atoms. The summed E-state index contributed by atoms with van der Waals surface area (Å²) in [7, 11) is 2.14. The minimum atomic E-state index is -0.260. The summed E-state index contributed by atoms with van der Waals surface area (Å²) in [6.45, 7) is 3.88. The van der Waals surface area contributed by atoms with Crippen LogP contribution in [0.4, 0.5) is 10.2 Å². The third kappa shape index (κ3) is 3.86. The van der Waals surface area contributed by atoms with Crippen molar-refractivity contribution in [1.29, 1.82) is 0 Å². The van der Waals surface area contributed by atoms with E-state index in [2.05, 4.69) is 27.9 Å². The lowest BCUT2D eigenvalue weighted by Crippen LogP contribution is -2.45. The van der Waals surface area contributed by atoms with Crippen LogP contribution >= 0.6 is 12.4 Å². The molecule has 0 spiro atoms. The van der Waals surface area contributed by atoms with Crippen LogP contribution in [0.3, 0.4) is 0 Å². The second kappa shape index (κ2) is 8.38. The minimum absolute atomic E-state index is 0. The number of likely N-dealkylation sites (N-methyl/N-ethyl adjacent to an activating group) is 1. The number of aromatic nitrogens is 4. The van der Waals surface area contributed by atoms with E-state index in [-0.39, 0.29) is 18.2 Å². The summed E-state index contributed by atoms with van der Waals surface area (Å²) >= 11 is 0. The van der Waals surface area contributed by atoms with Crippen LogP contribution in [0.2, 0.25) is 0 Å². The maximum Gasteiger partial charge on any atom is 0.162 e. The zero-order valence-electron chi connectivity index (χ0n) is 16.6. The topological polar surface area (TPSA) is 49.6 Å². The fourth-order valence-corrected chi connectivity index (χ4v) is 3.65. The predicted molar refractivity (Wildman–Crippen MR) is 119 cm³/mol. The SMILES string of the molecule is CN1CCN(c2cc(-c3cccnc3)c3nc(-c4ccc(F)cc4)cn3n2)CC1.Cl. The number of fused-ring (bicyclic) bond motifs is 1. The Morgan fingerprint density at radius 1 is 0.967 bits per heavy atom. The average Bonchev–Trinajstić information content (AvgIpc) is 3.19. The van der Waals surface area contributed by atoms with E-state index in [1.807, 2.05) is 29.0 Å². The highest BCUT2D eigenvalue weighted by atomic mass is 35.5. The highest BCUT2D eigenvalue weighted by molar-refractivity contribution is 5.85. The summed E-state index contributed by atoms with van der Waals surface area (Å²) < 4.78 is 15.2. The maximum absolute atomic E-state index is 13.3. The number of nitrogens with zero attached hydrogens (tertiary/aromatic N) is 6. The lowest BCUT2D eigenvalue weighted by atomic mass is 10.1. The van der Waals surface area contributed by atoms with Crippen molar-refractivity contribution in [1.82, 2.24) is 24.5 Å². The number of hydrogen-bond donors (Lipinski definition) is 0.